The highest BCUT2D eigenvalue weighted by Gasteiger charge is 2.15. The molecule has 0 radical (unpaired) electrons. The second-order valence-electron chi connectivity index (χ2n) is 3.50. The second kappa shape index (κ2) is 6.18. The fourth-order valence-electron chi connectivity index (χ4n) is 1.22. The number of unbranched alkanes of at least 4 members (excludes halogenated alkanes) is 1. The molecular weight excluding hydrogens is 262 g/mol. The molecule has 0 saturated carbocycles. The summed E-state index contributed by atoms with van der Waals surface area (Å²) in [6, 6.07) is 1.38. The standard InChI is InChI=1S/C10H16ClN3O2S/c1-3-4-5-14-17(15,16)8-6-9(11)10(12-2)13-7-8/h6-7,14H,3-5H2,1-2H3,(H,12,13). The number of halogens is 1. The first-order valence-corrected chi connectivity index (χ1v) is 7.20. The van der Waals surface area contributed by atoms with Gasteiger partial charge in [-0.15, -0.1) is 0 Å². The fourth-order valence-corrected chi connectivity index (χ4v) is 2.59. The van der Waals surface area contributed by atoms with Gasteiger partial charge >= 0.3 is 0 Å². The van der Waals surface area contributed by atoms with Crippen molar-refractivity contribution in [3.05, 3.63) is 17.3 Å². The topological polar surface area (TPSA) is 71.1 Å². The predicted octanol–water partition coefficient (Wildman–Crippen LogP) is 1.86. The average Bonchev–Trinajstić information content (AvgIpc) is 2.29. The van der Waals surface area contributed by atoms with E-state index in [9.17, 15) is 8.42 Å². The highest BCUT2D eigenvalue weighted by Crippen LogP contribution is 2.21. The van der Waals surface area contributed by atoms with E-state index in [1.54, 1.807) is 7.05 Å². The summed E-state index contributed by atoms with van der Waals surface area (Å²) in [7, 11) is -1.84. The van der Waals surface area contributed by atoms with Crippen LogP contribution in [0.25, 0.3) is 0 Å². The van der Waals surface area contributed by atoms with Crippen molar-refractivity contribution in [3.8, 4) is 0 Å². The van der Waals surface area contributed by atoms with Crippen LogP contribution in [0.3, 0.4) is 0 Å². The molecule has 1 rings (SSSR count). The lowest BCUT2D eigenvalue weighted by atomic mass is 10.3. The Morgan fingerprint density at radius 3 is 2.71 bits per heavy atom. The molecule has 0 aliphatic heterocycles. The van der Waals surface area contributed by atoms with Crippen LogP contribution < -0.4 is 10.0 Å². The van der Waals surface area contributed by atoms with Gasteiger partial charge in [0.05, 0.1) is 5.02 Å². The number of hydrogen-bond acceptors (Lipinski definition) is 4. The summed E-state index contributed by atoms with van der Waals surface area (Å²) in [6.45, 7) is 2.42. The summed E-state index contributed by atoms with van der Waals surface area (Å²) in [4.78, 5) is 4.01. The van der Waals surface area contributed by atoms with Gasteiger partial charge < -0.3 is 5.32 Å². The van der Waals surface area contributed by atoms with Crippen LogP contribution in [0.2, 0.25) is 5.02 Å². The molecule has 2 N–H and O–H groups in total. The number of sulfonamides is 1. The minimum atomic E-state index is -3.50. The highest BCUT2D eigenvalue weighted by molar-refractivity contribution is 7.89. The Morgan fingerprint density at radius 1 is 1.47 bits per heavy atom. The van der Waals surface area contributed by atoms with Crippen LogP contribution in [-0.2, 0) is 10.0 Å². The van der Waals surface area contributed by atoms with E-state index in [-0.39, 0.29) is 9.92 Å². The van der Waals surface area contributed by atoms with Crippen molar-refractivity contribution in [3.63, 3.8) is 0 Å². The molecule has 1 aromatic rings. The summed E-state index contributed by atoms with van der Waals surface area (Å²) >= 11 is 5.88. The van der Waals surface area contributed by atoms with Crippen LogP contribution in [0.1, 0.15) is 19.8 Å². The number of pyridine rings is 1. The van der Waals surface area contributed by atoms with Crippen molar-refractivity contribution in [1.82, 2.24) is 9.71 Å². The molecule has 0 atom stereocenters. The van der Waals surface area contributed by atoms with E-state index in [1.165, 1.54) is 12.3 Å². The molecule has 17 heavy (non-hydrogen) atoms. The zero-order valence-electron chi connectivity index (χ0n) is 9.83. The van der Waals surface area contributed by atoms with Gasteiger partial charge in [-0.25, -0.2) is 18.1 Å². The SMILES string of the molecule is CCCCNS(=O)(=O)c1cnc(NC)c(Cl)c1. The molecule has 0 aliphatic rings. The van der Waals surface area contributed by atoms with Gasteiger partial charge in [-0.2, -0.15) is 0 Å². The van der Waals surface area contributed by atoms with Crippen LogP contribution in [0.5, 0.6) is 0 Å². The second-order valence-corrected chi connectivity index (χ2v) is 5.68. The lowest BCUT2D eigenvalue weighted by molar-refractivity contribution is 0.578. The van der Waals surface area contributed by atoms with E-state index in [4.69, 9.17) is 11.6 Å². The van der Waals surface area contributed by atoms with Crippen LogP contribution in [0, 0.1) is 0 Å². The van der Waals surface area contributed by atoms with Gasteiger partial charge in [-0.3, -0.25) is 0 Å². The van der Waals surface area contributed by atoms with Crippen molar-refractivity contribution < 1.29 is 8.42 Å². The zero-order chi connectivity index (χ0) is 12.9. The summed E-state index contributed by atoms with van der Waals surface area (Å²) in [5.41, 5.74) is 0. The van der Waals surface area contributed by atoms with Crippen molar-refractivity contribution in [2.75, 3.05) is 18.9 Å². The lowest BCUT2D eigenvalue weighted by Gasteiger charge is -2.08. The molecule has 0 spiro atoms. The molecule has 96 valence electrons. The Kier molecular flexibility index (Phi) is 5.17. The number of anilines is 1. The molecule has 1 aromatic heterocycles. The van der Waals surface area contributed by atoms with Crippen LogP contribution in [0.4, 0.5) is 5.82 Å². The smallest absolute Gasteiger partial charge is 0.242 e. The van der Waals surface area contributed by atoms with Gasteiger partial charge in [-0.05, 0) is 12.5 Å². The minimum absolute atomic E-state index is 0.0811. The van der Waals surface area contributed by atoms with Gasteiger partial charge in [0.2, 0.25) is 10.0 Å². The number of nitrogens with one attached hydrogen (secondary N) is 2. The third-order valence-electron chi connectivity index (χ3n) is 2.19. The summed E-state index contributed by atoms with van der Waals surface area (Å²) in [6.07, 6.45) is 3.02. The Labute approximate surface area is 107 Å². The maximum Gasteiger partial charge on any atom is 0.242 e. The zero-order valence-corrected chi connectivity index (χ0v) is 11.4. The van der Waals surface area contributed by atoms with E-state index in [2.05, 4.69) is 15.0 Å². The van der Waals surface area contributed by atoms with E-state index in [1.807, 2.05) is 6.92 Å². The van der Waals surface area contributed by atoms with E-state index >= 15 is 0 Å². The Hall–Kier alpha value is -0.850. The van der Waals surface area contributed by atoms with Crippen LogP contribution in [-0.4, -0.2) is 27.0 Å². The predicted molar refractivity (Wildman–Crippen MR) is 68.9 cm³/mol. The molecule has 0 aliphatic carbocycles. The third-order valence-corrected chi connectivity index (χ3v) is 3.90. The van der Waals surface area contributed by atoms with Crippen LogP contribution >= 0.6 is 11.6 Å². The van der Waals surface area contributed by atoms with Gasteiger partial charge in [0, 0.05) is 19.8 Å². The Bertz CT molecular complexity index is 476. The molecule has 0 bridgehead atoms. The van der Waals surface area contributed by atoms with E-state index < -0.39 is 10.0 Å². The monoisotopic (exact) mass is 277 g/mol. The average molecular weight is 278 g/mol. The summed E-state index contributed by atoms with van der Waals surface area (Å²) < 4.78 is 26.2. The minimum Gasteiger partial charge on any atom is -0.372 e. The maximum absolute atomic E-state index is 11.8. The first-order chi connectivity index (χ1) is 8.01. The normalized spacial score (nSPS) is 11.5. The first-order valence-electron chi connectivity index (χ1n) is 5.34. The third kappa shape index (κ3) is 3.83. The number of hydrogen-bond donors (Lipinski definition) is 2. The molecule has 1 heterocycles. The molecule has 5 nitrogen and oxygen atoms in total. The molecular formula is C10H16ClN3O2S. The first kappa shape index (κ1) is 14.2. The Morgan fingerprint density at radius 2 is 2.18 bits per heavy atom. The van der Waals surface area contributed by atoms with Gasteiger partial charge in [0.1, 0.15) is 10.7 Å². The van der Waals surface area contributed by atoms with Crippen molar-refractivity contribution in [1.29, 1.82) is 0 Å². The van der Waals surface area contributed by atoms with Crippen molar-refractivity contribution in [2.45, 2.75) is 24.7 Å². The number of rotatable bonds is 6. The van der Waals surface area contributed by atoms with E-state index in [0.29, 0.717) is 12.4 Å². The van der Waals surface area contributed by atoms with Gasteiger partial charge in [0.25, 0.3) is 0 Å². The summed E-state index contributed by atoms with van der Waals surface area (Å²) in [5, 5.41) is 3.05. The quantitative estimate of drug-likeness (QED) is 0.779. The number of nitrogens with zero attached hydrogens (tertiary/aromatic N) is 1. The molecule has 0 fully saturated rings. The molecule has 0 aromatic carbocycles. The molecule has 0 unspecified atom stereocenters. The fraction of sp³-hybridized carbons (Fsp3) is 0.500. The molecule has 0 amide bonds. The van der Waals surface area contributed by atoms with E-state index in [0.717, 1.165) is 12.8 Å². The highest BCUT2D eigenvalue weighted by atomic mass is 35.5. The maximum atomic E-state index is 11.8. The van der Waals surface area contributed by atoms with Gasteiger partial charge in [0.15, 0.2) is 0 Å². The molecule has 0 saturated heterocycles. The van der Waals surface area contributed by atoms with Crippen molar-refractivity contribution in [2.24, 2.45) is 0 Å². The number of aromatic nitrogens is 1. The summed E-state index contributed by atoms with van der Waals surface area (Å²) in [5.74, 6) is 0.458. The largest absolute Gasteiger partial charge is 0.372 e. The molecule has 7 heteroatoms. The van der Waals surface area contributed by atoms with Crippen molar-refractivity contribution >= 4 is 27.4 Å². The lowest BCUT2D eigenvalue weighted by Crippen LogP contribution is -2.24. The van der Waals surface area contributed by atoms with Gasteiger partial charge in [-0.1, -0.05) is 24.9 Å². The Balaban J connectivity index is 2.88. The van der Waals surface area contributed by atoms with Crippen LogP contribution in [0.15, 0.2) is 17.2 Å².